The van der Waals surface area contributed by atoms with Crippen LogP contribution in [0.5, 0.6) is 0 Å². The number of aliphatic hydroxyl groups is 3. The smallest absolute Gasteiger partial charge is 0.462 e. The Hall–Kier alpha value is -2.44. The van der Waals surface area contributed by atoms with Crippen molar-refractivity contribution >= 4 is 25.5 Å². The second-order valence-electron chi connectivity index (χ2n) is 14.2. The zero-order chi connectivity index (χ0) is 40.0. The molecule has 54 heavy (non-hydrogen) atoms. The molecule has 0 unspecified atom stereocenters. The van der Waals surface area contributed by atoms with E-state index in [1.165, 1.54) is 19.3 Å². The lowest BCUT2D eigenvalue weighted by atomic mass is 9.87. The maximum absolute atomic E-state index is 12.8. The van der Waals surface area contributed by atoms with Gasteiger partial charge < -0.3 is 34.6 Å². The normalized spacial score (nSPS) is 20.4. The van der Waals surface area contributed by atoms with Gasteiger partial charge in [-0.25, -0.2) is 4.57 Å². The number of carbonyl (C=O) groups is 3. The predicted octanol–water partition coefficient (Wildman–Crippen LogP) is 7.52. The molecule has 310 valence electrons. The SMILES string of the molecule is CCCCC/C=C\C/C=C\C/C=C\CCCCC(=O)OC[C@H](COP(=O)(O)O)OC(=O)CCCCC(=O)C[C@@H]1[C@@H](/C=C/[C@@H](O)CCCCC)[C@H](O)C[C@@H]1O. The van der Waals surface area contributed by atoms with Gasteiger partial charge in [0.1, 0.15) is 12.4 Å². The van der Waals surface area contributed by atoms with E-state index >= 15 is 0 Å². The first-order chi connectivity index (χ1) is 25.9. The summed E-state index contributed by atoms with van der Waals surface area (Å²) in [6.45, 7) is 3.18. The fourth-order valence-corrected chi connectivity index (χ4v) is 6.56. The first-order valence-corrected chi connectivity index (χ1v) is 21.6. The number of carbonyl (C=O) groups excluding carboxylic acids is 3. The Morgan fingerprint density at radius 1 is 0.741 bits per heavy atom. The predicted molar refractivity (Wildman–Crippen MR) is 209 cm³/mol. The van der Waals surface area contributed by atoms with Crippen molar-refractivity contribution in [3.8, 4) is 0 Å². The van der Waals surface area contributed by atoms with E-state index in [1.54, 1.807) is 12.2 Å². The van der Waals surface area contributed by atoms with E-state index in [9.17, 15) is 34.3 Å². The summed E-state index contributed by atoms with van der Waals surface area (Å²) in [6.07, 6.45) is 26.1. The van der Waals surface area contributed by atoms with Gasteiger partial charge in [0.05, 0.1) is 24.9 Å². The Bertz CT molecular complexity index is 1190. The Morgan fingerprint density at radius 3 is 1.96 bits per heavy atom. The van der Waals surface area contributed by atoms with Crippen molar-refractivity contribution in [3.63, 3.8) is 0 Å². The van der Waals surface area contributed by atoms with Crippen LogP contribution in [0.2, 0.25) is 0 Å². The molecule has 0 heterocycles. The number of hydrogen-bond donors (Lipinski definition) is 5. The maximum Gasteiger partial charge on any atom is 0.469 e. The van der Waals surface area contributed by atoms with Crippen molar-refractivity contribution in [1.29, 1.82) is 0 Å². The minimum atomic E-state index is -4.87. The highest BCUT2D eigenvalue weighted by Gasteiger charge is 2.41. The Labute approximate surface area is 323 Å². The highest BCUT2D eigenvalue weighted by molar-refractivity contribution is 7.46. The number of aliphatic hydroxyl groups excluding tert-OH is 3. The van der Waals surface area contributed by atoms with Crippen LogP contribution in [0.1, 0.15) is 142 Å². The summed E-state index contributed by atoms with van der Waals surface area (Å²) in [6, 6.07) is 0. The average Bonchev–Trinajstić information content (AvgIpc) is 3.38. The van der Waals surface area contributed by atoms with Crippen molar-refractivity contribution < 1.29 is 58.1 Å². The minimum absolute atomic E-state index is 0.0582. The summed E-state index contributed by atoms with van der Waals surface area (Å²) in [5, 5.41) is 31.2. The van der Waals surface area contributed by atoms with Gasteiger partial charge in [-0.1, -0.05) is 94.6 Å². The lowest BCUT2D eigenvalue weighted by Crippen LogP contribution is -2.29. The number of esters is 2. The standard InChI is InChI=1S/C41H69O12P/c1-3-5-7-8-9-10-11-12-13-14-15-16-17-18-20-25-40(46)51-31-35(32-52-54(48,49)50)53-41(47)26-22-21-24-34(43)29-37-36(38(44)30-39(37)45)28-27-33(42)23-19-6-4-2/h9-10,12-13,15-16,27-28,33,35-39,42,44-45H,3-8,11,14,17-26,29-32H2,1-2H3,(H2,48,49,50)/b10-9-,13-12-,16-15-,28-27+/t33-,35+,36+,37+,38+,39-/m0/s1. The molecular weight excluding hydrogens is 715 g/mol. The molecule has 13 heteroatoms. The average molecular weight is 785 g/mol. The lowest BCUT2D eigenvalue weighted by molar-refractivity contribution is -0.161. The van der Waals surface area contributed by atoms with Crippen LogP contribution < -0.4 is 0 Å². The minimum Gasteiger partial charge on any atom is -0.462 e. The number of phosphoric acid groups is 1. The molecule has 12 nitrogen and oxygen atoms in total. The van der Waals surface area contributed by atoms with E-state index in [4.69, 9.17) is 19.3 Å². The largest absolute Gasteiger partial charge is 0.469 e. The van der Waals surface area contributed by atoms with Crippen molar-refractivity contribution in [2.45, 2.75) is 167 Å². The van der Waals surface area contributed by atoms with E-state index < -0.39 is 69.2 Å². The third-order valence-corrected chi connectivity index (χ3v) is 9.79. The van der Waals surface area contributed by atoms with Crippen LogP contribution in [0.3, 0.4) is 0 Å². The summed E-state index contributed by atoms with van der Waals surface area (Å²) in [5.41, 5.74) is 0. The Balaban J connectivity index is 2.38. The molecule has 1 rings (SSSR count). The fourth-order valence-electron chi connectivity index (χ4n) is 6.20. The summed E-state index contributed by atoms with van der Waals surface area (Å²) in [7, 11) is -4.87. The molecule has 0 spiro atoms. The van der Waals surface area contributed by atoms with Gasteiger partial charge in [-0.2, -0.15) is 0 Å². The number of Topliss-reactive ketones (excluding diaryl/α,β-unsaturated/α-hetero) is 1. The first kappa shape index (κ1) is 49.6. The second-order valence-corrected chi connectivity index (χ2v) is 15.5. The van der Waals surface area contributed by atoms with E-state index in [1.807, 2.05) is 0 Å². The summed E-state index contributed by atoms with van der Waals surface area (Å²) in [4.78, 5) is 55.7. The first-order valence-electron chi connectivity index (χ1n) is 20.1. The molecule has 6 atom stereocenters. The molecule has 1 aliphatic rings. The number of phosphoric ester groups is 1. The molecule has 5 N–H and O–H groups in total. The van der Waals surface area contributed by atoms with Gasteiger partial charge in [0.2, 0.25) is 0 Å². The maximum atomic E-state index is 12.8. The Kier molecular flexibility index (Phi) is 28.2. The summed E-state index contributed by atoms with van der Waals surface area (Å²) < 4.78 is 26.2. The van der Waals surface area contributed by atoms with Gasteiger partial charge in [0.15, 0.2) is 6.10 Å². The molecule has 0 aromatic rings. The van der Waals surface area contributed by atoms with Crippen LogP contribution >= 0.6 is 7.82 Å². The molecule has 1 saturated carbocycles. The van der Waals surface area contributed by atoms with Crippen LogP contribution in [-0.4, -0.2) is 80.5 Å². The monoisotopic (exact) mass is 784 g/mol. The molecule has 0 aromatic carbocycles. The van der Waals surface area contributed by atoms with Crippen LogP contribution in [0, 0.1) is 11.8 Å². The number of hydrogen-bond acceptors (Lipinski definition) is 10. The Morgan fingerprint density at radius 2 is 1.31 bits per heavy atom. The molecular formula is C41H69O12P. The molecule has 0 aliphatic heterocycles. The van der Waals surface area contributed by atoms with Crippen LogP contribution in [0.25, 0.3) is 0 Å². The van der Waals surface area contributed by atoms with Crippen molar-refractivity contribution in [2.75, 3.05) is 13.2 Å². The summed E-state index contributed by atoms with van der Waals surface area (Å²) >= 11 is 0. The number of ether oxygens (including phenoxy) is 2. The lowest BCUT2D eigenvalue weighted by Gasteiger charge is -2.20. The second kappa shape index (κ2) is 30.7. The number of unbranched alkanes of at least 4 members (excludes halogenated alkanes) is 8. The van der Waals surface area contributed by atoms with Gasteiger partial charge in [0.25, 0.3) is 0 Å². The number of allylic oxidation sites excluding steroid dienone is 6. The van der Waals surface area contributed by atoms with E-state index in [2.05, 4.69) is 54.8 Å². The van der Waals surface area contributed by atoms with E-state index in [0.717, 1.165) is 51.4 Å². The van der Waals surface area contributed by atoms with Gasteiger partial charge in [0, 0.05) is 43.9 Å². The third-order valence-electron chi connectivity index (χ3n) is 9.30. The van der Waals surface area contributed by atoms with Gasteiger partial charge >= 0.3 is 19.8 Å². The summed E-state index contributed by atoms with van der Waals surface area (Å²) in [5.74, 6) is -2.26. The van der Waals surface area contributed by atoms with Gasteiger partial charge in [-0.15, -0.1) is 0 Å². The van der Waals surface area contributed by atoms with Crippen LogP contribution in [0.4, 0.5) is 0 Å². The van der Waals surface area contributed by atoms with Crippen LogP contribution in [-0.2, 0) is 32.9 Å². The topological polar surface area (TPSA) is 197 Å². The highest BCUT2D eigenvalue weighted by atomic mass is 31.2. The number of ketones is 1. The van der Waals surface area contributed by atoms with Gasteiger partial charge in [-0.05, 0) is 64.2 Å². The molecule has 0 amide bonds. The van der Waals surface area contributed by atoms with E-state index in [0.29, 0.717) is 25.7 Å². The molecule has 1 aliphatic carbocycles. The van der Waals surface area contributed by atoms with Crippen LogP contribution in [0.15, 0.2) is 48.6 Å². The van der Waals surface area contributed by atoms with Crippen molar-refractivity contribution in [3.05, 3.63) is 48.6 Å². The number of rotatable bonds is 32. The third kappa shape index (κ3) is 26.4. The molecule has 0 radical (unpaired) electrons. The zero-order valence-corrected chi connectivity index (χ0v) is 33.6. The van der Waals surface area contributed by atoms with Crippen molar-refractivity contribution in [1.82, 2.24) is 0 Å². The van der Waals surface area contributed by atoms with Crippen molar-refractivity contribution in [2.24, 2.45) is 11.8 Å². The van der Waals surface area contributed by atoms with E-state index in [-0.39, 0.29) is 37.9 Å². The molecule has 0 bridgehead atoms. The van der Waals surface area contributed by atoms with Gasteiger partial charge in [-0.3, -0.25) is 18.9 Å². The molecule has 0 saturated heterocycles. The quantitative estimate of drug-likeness (QED) is 0.0195. The molecule has 0 aromatic heterocycles. The zero-order valence-electron chi connectivity index (χ0n) is 32.7. The highest BCUT2D eigenvalue weighted by Crippen LogP contribution is 2.37. The fraction of sp³-hybridized carbons (Fsp3) is 0.732. The molecule has 1 fully saturated rings.